The van der Waals surface area contributed by atoms with E-state index in [0.717, 1.165) is 5.69 Å². The van der Waals surface area contributed by atoms with Crippen LogP contribution in [0.15, 0.2) is 78.9 Å². The molecule has 0 spiro atoms. The van der Waals surface area contributed by atoms with Crippen LogP contribution in [0.4, 0.5) is 11.4 Å². The first-order valence-corrected chi connectivity index (χ1v) is 10.8. The number of nitrogens with two attached hydrogens (primary N) is 1. The minimum Gasteiger partial charge on any atom is -0.397 e. The first-order valence-electron chi connectivity index (χ1n) is 10.8. The van der Waals surface area contributed by atoms with Crippen molar-refractivity contribution < 1.29 is 0 Å². The molecule has 2 N–H and O–H groups in total. The number of hydrogen-bond acceptors (Lipinski definition) is 2. The van der Waals surface area contributed by atoms with Crippen molar-refractivity contribution >= 4 is 33.9 Å². The Morgan fingerprint density at radius 3 is 2.40 bits per heavy atom. The molecule has 3 unspecified atom stereocenters. The van der Waals surface area contributed by atoms with Gasteiger partial charge < -0.3 is 15.2 Å². The van der Waals surface area contributed by atoms with Gasteiger partial charge in [-0.05, 0) is 41.3 Å². The van der Waals surface area contributed by atoms with Crippen LogP contribution in [0.5, 0.6) is 0 Å². The topological polar surface area (TPSA) is 34.0 Å². The summed E-state index contributed by atoms with van der Waals surface area (Å²) in [7, 11) is 0. The molecule has 4 atom stereocenters. The highest BCUT2D eigenvalue weighted by atomic mass is 15.5. The number of benzene rings is 3. The summed E-state index contributed by atoms with van der Waals surface area (Å²) in [5.41, 5.74) is 15.5. The summed E-state index contributed by atoms with van der Waals surface area (Å²) in [6.07, 6.45) is 2.82. The van der Waals surface area contributed by atoms with E-state index in [1.165, 1.54) is 39.0 Å². The highest BCUT2D eigenvalue weighted by Gasteiger charge is 2.63. The zero-order chi connectivity index (χ0) is 20.0. The smallest absolute Gasteiger partial charge is 0.128 e. The molecular formula is C27H23N3. The first-order chi connectivity index (χ1) is 14.8. The molecule has 0 bridgehead atoms. The molecular weight excluding hydrogens is 366 g/mol. The molecule has 4 aromatic rings. The zero-order valence-corrected chi connectivity index (χ0v) is 16.9. The molecule has 0 radical (unpaired) electrons. The summed E-state index contributed by atoms with van der Waals surface area (Å²) < 4.78 is 2.60. The maximum absolute atomic E-state index is 6.39. The molecule has 1 fully saturated rings. The number of anilines is 2. The summed E-state index contributed by atoms with van der Waals surface area (Å²) in [5.74, 6) is 0.921. The number of allylic oxidation sites excluding steroid dienone is 1. The number of nitrogens with zero attached hydrogens (tertiary/aromatic N) is 2. The third-order valence-corrected chi connectivity index (χ3v) is 7.41. The predicted molar refractivity (Wildman–Crippen MR) is 124 cm³/mol. The Morgan fingerprint density at radius 1 is 0.833 bits per heavy atom. The highest BCUT2D eigenvalue weighted by Crippen LogP contribution is 2.64. The molecule has 1 aliphatic carbocycles. The van der Waals surface area contributed by atoms with Gasteiger partial charge in [-0.3, -0.25) is 0 Å². The number of para-hydroxylation sites is 3. The summed E-state index contributed by atoms with van der Waals surface area (Å²) >= 11 is 0. The van der Waals surface area contributed by atoms with Crippen molar-refractivity contribution in [2.45, 2.75) is 25.0 Å². The lowest BCUT2D eigenvalue weighted by Crippen LogP contribution is -2.24. The van der Waals surface area contributed by atoms with E-state index in [0.29, 0.717) is 24.0 Å². The molecule has 2 aliphatic heterocycles. The first kappa shape index (κ1) is 16.3. The molecule has 3 nitrogen and oxygen atoms in total. The standard InChI is InChI=1S/C27H23N3/c1-16-19(17-9-3-2-4-10-17)15-20-18-11-5-7-13-22(18)29-25(20)24(16)26-27(29)30(26)23-14-8-6-12-21(23)28/h2-16,24,26-27H,28H2,1H3/t16?,24?,26?,27-,30?/m1/s1. The molecule has 30 heavy (non-hydrogen) atoms. The van der Waals surface area contributed by atoms with Crippen LogP contribution in [-0.4, -0.2) is 10.6 Å². The Hall–Kier alpha value is -3.46. The molecule has 1 aromatic heterocycles. The normalized spacial score (nSPS) is 25.8. The summed E-state index contributed by atoms with van der Waals surface area (Å²) in [6.45, 7) is 2.40. The van der Waals surface area contributed by atoms with Crippen molar-refractivity contribution in [2.75, 3.05) is 10.6 Å². The quantitative estimate of drug-likeness (QED) is 0.342. The number of rotatable bonds is 2. The Bertz CT molecular complexity index is 1350. The lowest BCUT2D eigenvalue weighted by Gasteiger charge is -2.31. The van der Waals surface area contributed by atoms with Crippen molar-refractivity contribution in [3.8, 4) is 0 Å². The summed E-state index contributed by atoms with van der Waals surface area (Å²) in [4.78, 5) is 2.54. The van der Waals surface area contributed by atoms with Crippen molar-refractivity contribution in [1.82, 2.24) is 4.57 Å². The fraction of sp³-hybridized carbons (Fsp3) is 0.185. The van der Waals surface area contributed by atoms with Gasteiger partial charge in [0.05, 0.1) is 22.9 Å². The van der Waals surface area contributed by atoms with E-state index in [4.69, 9.17) is 5.73 Å². The van der Waals surface area contributed by atoms with Crippen molar-refractivity contribution in [3.63, 3.8) is 0 Å². The molecule has 3 heterocycles. The van der Waals surface area contributed by atoms with Gasteiger partial charge in [0.2, 0.25) is 0 Å². The van der Waals surface area contributed by atoms with E-state index >= 15 is 0 Å². The van der Waals surface area contributed by atoms with E-state index < -0.39 is 0 Å². The van der Waals surface area contributed by atoms with Gasteiger partial charge >= 0.3 is 0 Å². The van der Waals surface area contributed by atoms with Gasteiger partial charge in [-0.1, -0.05) is 67.6 Å². The Balaban J connectivity index is 1.48. The van der Waals surface area contributed by atoms with Crippen LogP contribution in [-0.2, 0) is 0 Å². The van der Waals surface area contributed by atoms with Crippen molar-refractivity contribution in [1.29, 1.82) is 0 Å². The van der Waals surface area contributed by atoms with Crippen LogP contribution >= 0.6 is 0 Å². The average Bonchev–Trinajstić information content (AvgIpc) is 3.24. The molecule has 3 aromatic carbocycles. The third kappa shape index (κ3) is 1.90. The van der Waals surface area contributed by atoms with Gasteiger partial charge in [-0.15, -0.1) is 0 Å². The van der Waals surface area contributed by atoms with Crippen LogP contribution in [0.1, 0.15) is 35.8 Å². The number of aromatic nitrogens is 1. The molecule has 3 heteroatoms. The third-order valence-electron chi connectivity index (χ3n) is 7.41. The van der Waals surface area contributed by atoms with Gasteiger partial charge in [0.25, 0.3) is 0 Å². The molecule has 0 amide bonds. The Morgan fingerprint density at radius 2 is 1.57 bits per heavy atom. The van der Waals surface area contributed by atoms with Crippen LogP contribution in [0.2, 0.25) is 0 Å². The monoisotopic (exact) mass is 389 g/mol. The van der Waals surface area contributed by atoms with Gasteiger partial charge in [0.1, 0.15) is 6.17 Å². The van der Waals surface area contributed by atoms with E-state index in [9.17, 15) is 0 Å². The molecule has 7 rings (SSSR count). The van der Waals surface area contributed by atoms with Gasteiger partial charge in [0.15, 0.2) is 0 Å². The maximum Gasteiger partial charge on any atom is 0.128 e. The fourth-order valence-corrected chi connectivity index (χ4v) is 6.14. The van der Waals surface area contributed by atoms with E-state index in [1.807, 2.05) is 12.1 Å². The second-order valence-corrected chi connectivity index (χ2v) is 8.84. The Kier molecular flexibility index (Phi) is 3.04. The highest BCUT2D eigenvalue weighted by molar-refractivity contribution is 6.00. The lowest BCUT2D eigenvalue weighted by molar-refractivity contribution is 0.559. The lowest BCUT2D eigenvalue weighted by atomic mass is 9.75. The molecule has 146 valence electrons. The number of nitrogen functional groups attached to an aromatic ring is 1. The van der Waals surface area contributed by atoms with Crippen LogP contribution in [0, 0.1) is 5.92 Å². The van der Waals surface area contributed by atoms with E-state index in [2.05, 4.69) is 89.2 Å². The summed E-state index contributed by atoms with van der Waals surface area (Å²) in [6, 6.07) is 28.5. The second kappa shape index (κ2) is 5.57. The van der Waals surface area contributed by atoms with Gasteiger partial charge in [-0.25, -0.2) is 0 Å². The van der Waals surface area contributed by atoms with Crippen molar-refractivity contribution in [3.05, 3.63) is 95.7 Å². The number of fused-ring (bicyclic) bond motifs is 6. The molecule has 0 saturated carbocycles. The SMILES string of the molecule is CC1C(c2ccccc2)=Cc2c3n(c4ccccc24)[C@H]2C(C31)N2c1ccccc1N. The number of hydrogen-bond donors (Lipinski definition) is 1. The zero-order valence-electron chi connectivity index (χ0n) is 16.9. The molecule has 3 aliphatic rings. The Labute approximate surface area is 176 Å². The second-order valence-electron chi connectivity index (χ2n) is 8.84. The van der Waals surface area contributed by atoms with Crippen LogP contribution in [0.3, 0.4) is 0 Å². The van der Waals surface area contributed by atoms with E-state index in [-0.39, 0.29) is 0 Å². The average molecular weight is 390 g/mol. The molecule has 1 saturated heterocycles. The minimum absolute atomic E-state index is 0.360. The maximum atomic E-state index is 6.39. The van der Waals surface area contributed by atoms with Crippen molar-refractivity contribution in [2.24, 2.45) is 5.92 Å². The largest absolute Gasteiger partial charge is 0.397 e. The fourth-order valence-electron chi connectivity index (χ4n) is 6.14. The van der Waals surface area contributed by atoms with E-state index in [1.54, 1.807) is 0 Å². The van der Waals surface area contributed by atoms with Crippen LogP contribution < -0.4 is 10.6 Å². The summed E-state index contributed by atoms with van der Waals surface area (Å²) in [5, 5.41) is 1.36. The minimum atomic E-state index is 0.360. The van der Waals surface area contributed by atoms with Gasteiger partial charge in [0, 0.05) is 22.6 Å². The van der Waals surface area contributed by atoms with Crippen LogP contribution in [0.25, 0.3) is 22.6 Å². The van der Waals surface area contributed by atoms with Gasteiger partial charge in [-0.2, -0.15) is 0 Å². The predicted octanol–water partition coefficient (Wildman–Crippen LogP) is 5.90.